The summed E-state index contributed by atoms with van der Waals surface area (Å²) in [4.78, 5) is 12.4. The SMILES string of the molecule is Cc1ccc2c(c1)OC(C)(C)CC2NS(=O)(=O)c1nnc(NC(=O)c2ccccc2Cl)s1. The summed E-state index contributed by atoms with van der Waals surface area (Å²) in [6.07, 6.45) is 0.442. The number of carbonyl (C=O) groups is 1. The van der Waals surface area contributed by atoms with Gasteiger partial charge in [0.05, 0.1) is 16.6 Å². The standard InChI is InChI=1S/C21H21ClN4O4S2/c1-12-8-9-14-16(11-21(2,3)30-17(14)10-12)26-32(28,29)20-25-24-19(31-20)23-18(27)13-6-4-5-7-15(13)22/h4-10,16,26H,11H2,1-3H3,(H,23,24,27). The Morgan fingerprint density at radius 3 is 2.72 bits per heavy atom. The summed E-state index contributed by atoms with van der Waals surface area (Å²) in [5, 5.41) is 10.4. The molecule has 0 radical (unpaired) electrons. The van der Waals surface area contributed by atoms with Gasteiger partial charge < -0.3 is 4.74 Å². The zero-order valence-corrected chi connectivity index (χ0v) is 19.9. The molecular formula is C21H21ClN4O4S2. The molecule has 2 N–H and O–H groups in total. The van der Waals surface area contributed by atoms with Gasteiger partial charge in [-0.15, -0.1) is 10.2 Å². The van der Waals surface area contributed by atoms with Gasteiger partial charge in [0.15, 0.2) is 0 Å². The molecule has 4 rings (SSSR count). The lowest BCUT2D eigenvalue weighted by molar-refractivity contribution is 0.0701. The van der Waals surface area contributed by atoms with E-state index in [-0.39, 0.29) is 20.1 Å². The maximum Gasteiger partial charge on any atom is 0.270 e. The van der Waals surface area contributed by atoms with E-state index in [0.717, 1.165) is 22.5 Å². The zero-order valence-electron chi connectivity index (χ0n) is 17.5. The summed E-state index contributed by atoms with van der Waals surface area (Å²) in [5.74, 6) is 0.151. The van der Waals surface area contributed by atoms with Crippen LogP contribution in [-0.2, 0) is 10.0 Å². The van der Waals surface area contributed by atoms with Gasteiger partial charge in [-0.3, -0.25) is 10.1 Å². The lowest BCUT2D eigenvalue weighted by Gasteiger charge is -2.37. The van der Waals surface area contributed by atoms with Gasteiger partial charge in [-0.1, -0.05) is 47.2 Å². The Kier molecular flexibility index (Phi) is 5.97. The van der Waals surface area contributed by atoms with Gasteiger partial charge in [-0.2, -0.15) is 0 Å². The molecule has 1 aliphatic heterocycles. The van der Waals surface area contributed by atoms with Crippen molar-refractivity contribution in [3.05, 3.63) is 64.2 Å². The average Bonchev–Trinajstić information content (AvgIpc) is 3.16. The molecule has 168 valence electrons. The Morgan fingerprint density at radius 1 is 1.22 bits per heavy atom. The smallest absolute Gasteiger partial charge is 0.270 e. The van der Waals surface area contributed by atoms with E-state index in [4.69, 9.17) is 16.3 Å². The average molecular weight is 493 g/mol. The van der Waals surface area contributed by atoms with Crippen molar-refractivity contribution in [1.82, 2.24) is 14.9 Å². The Balaban J connectivity index is 1.55. The van der Waals surface area contributed by atoms with Gasteiger partial charge in [0.2, 0.25) is 9.47 Å². The molecule has 0 saturated heterocycles. The van der Waals surface area contributed by atoms with Crippen molar-refractivity contribution < 1.29 is 17.9 Å². The van der Waals surface area contributed by atoms with Crippen LogP contribution in [0.4, 0.5) is 5.13 Å². The lowest BCUT2D eigenvalue weighted by atomic mass is 9.90. The number of carbonyl (C=O) groups excluding carboxylic acids is 1. The number of amides is 1. The Bertz CT molecular complexity index is 1290. The summed E-state index contributed by atoms with van der Waals surface area (Å²) in [6.45, 7) is 5.77. The largest absolute Gasteiger partial charge is 0.487 e. The molecule has 0 spiro atoms. The topological polar surface area (TPSA) is 110 Å². The normalized spacial score (nSPS) is 17.3. The molecule has 2 aromatic carbocycles. The number of anilines is 1. The monoisotopic (exact) mass is 492 g/mol. The number of aryl methyl sites for hydroxylation is 1. The van der Waals surface area contributed by atoms with Crippen LogP contribution in [0.1, 0.15) is 47.8 Å². The van der Waals surface area contributed by atoms with Crippen LogP contribution in [0.25, 0.3) is 0 Å². The highest BCUT2D eigenvalue weighted by Crippen LogP contribution is 2.40. The van der Waals surface area contributed by atoms with Gasteiger partial charge in [0, 0.05) is 12.0 Å². The van der Waals surface area contributed by atoms with Crippen LogP contribution < -0.4 is 14.8 Å². The minimum Gasteiger partial charge on any atom is -0.487 e. The Hall–Kier alpha value is -2.53. The second-order valence-corrected chi connectivity index (χ2v) is 11.4. The van der Waals surface area contributed by atoms with E-state index in [2.05, 4.69) is 20.2 Å². The number of nitrogens with zero attached hydrogens (tertiary/aromatic N) is 2. The van der Waals surface area contributed by atoms with E-state index in [9.17, 15) is 13.2 Å². The molecule has 1 unspecified atom stereocenters. The van der Waals surface area contributed by atoms with E-state index in [0.29, 0.717) is 12.2 Å². The number of hydrogen-bond donors (Lipinski definition) is 2. The van der Waals surface area contributed by atoms with Crippen LogP contribution in [-0.4, -0.2) is 30.1 Å². The molecule has 1 atom stereocenters. The fraction of sp³-hybridized carbons (Fsp3) is 0.286. The zero-order chi connectivity index (χ0) is 23.1. The highest BCUT2D eigenvalue weighted by Gasteiger charge is 2.37. The quantitative estimate of drug-likeness (QED) is 0.513. The molecule has 0 fully saturated rings. The number of nitrogens with one attached hydrogen (secondary N) is 2. The van der Waals surface area contributed by atoms with Crippen molar-refractivity contribution in [1.29, 1.82) is 0 Å². The number of sulfonamides is 1. The van der Waals surface area contributed by atoms with Crippen molar-refractivity contribution in [3.63, 3.8) is 0 Å². The van der Waals surface area contributed by atoms with Gasteiger partial charge in [-0.05, 0) is 44.5 Å². The highest BCUT2D eigenvalue weighted by molar-refractivity contribution is 7.91. The Labute approximate surface area is 195 Å². The predicted octanol–water partition coefficient (Wildman–Crippen LogP) is 4.33. The van der Waals surface area contributed by atoms with E-state index < -0.39 is 27.6 Å². The highest BCUT2D eigenvalue weighted by atomic mass is 35.5. The van der Waals surface area contributed by atoms with Crippen molar-refractivity contribution in [2.45, 2.75) is 43.2 Å². The second-order valence-electron chi connectivity index (χ2n) is 8.09. The number of rotatable bonds is 5. The van der Waals surface area contributed by atoms with Crippen molar-refractivity contribution in [2.75, 3.05) is 5.32 Å². The Morgan fingerprint density at radius 2 is 1.97 bits per heavy atom. The molecule has 0 saturated carbocycles. The van der Waals surface area contributed by atoms with Crippen LogP contribution in [0.3, 0.4) is 0 Å². The van der Waals surface area contributed by atoms with E-state index in [1.54, 1.807) is 24.3 Å². The number of hydrogen-bond acceptors (Lipinski definition) is 7. The van der Waals surface area contributed by atoms with Gasteiger partial charge in [0.25, 0.3) is 15.9 Å². The summed E-state index contributed by atoms with van der Waals surface area (Å²) in [7, 11) is -3.99. The van der Waals surface area contributed by atoms with Crippen LogP contribution in [0.2, 0.25) is 5.02 Å². The maximum absolute atomic E-state index is 13.0. The molecule has 0 bridgehead atoms. The predicted molar refractivity (Wildman–Crippen MR) is 123 cm³/mol. The maximum atomic E-state index is 13.0. The number of aromatic nitrogens is 2. The van der Waals surface area contributed by atoms with Gasteiger partial charge >= 0.3 is 0 Å². The van der Waals surface area contributed by atoms with Crippen LogP contribution >= 0.6 is 22.9 Å². The number of ether oxygens (including phenoxy) is 1. The third-order valence-electron chi connectivity index (χ3n) is 4.90. The summed E-state index contributed by atoms with van der Waals surface area (Å²) in [6, 6.07) is 11.7. The molecule has 32 heavy (non-hydrogen) atoms. The summed E-state index contributed by atoms with van der Waals surface area (Å²) in [5.41, 5.74) is 1.48. The van der Waals surface area contributed by atoms with Crippen LogP contribution in [0.5, 0.6) is 5.75 Å². The molecule has 11 heteroatoms. The first-order chi connectivity index (χ1) is 15.0. The number of benzene rings is 2. The molecule has 2 heterocycles. The number of fused-ring (bicyclic) bond motifs is 1. The molecule has 1 aliphatic rings. The summed E-state index contributed by atoms with van der Waals surface area (Å²) < 4.78 is 34.6. The first-order valence-electron chi connectivity index (χ1n) is 9.75. The minimum atomic E-state index is -3.99. The first kappa shape index (κ1) is 22.7. The van der Waals surface area contributed by atoms with E-state index in [1.165, 1.54) is 0 Å². The van der Waals surface area contributed by atoms with E-state index in [1.807, 2.05) is 39.0 Å². The van der Waals surface area contributed by atoms with Crippen LogP contribution in [0, 0.1) is 6.92 Å². The van der Waals surface area contributed by atoms with E-state index >= 15 is 0 Å². The third-order valence-corrected chi connectivity index (χ3v) is 7.91. The van der Waals surface area contributed by atoms with Crippen molar-refractivity contribution in [3.8, 4) is 5.75 Å². The summed E-state index contributed by atoms with van der Waals surface area (Å²) >= 11 is 6.80. The molecule has 0 aliphatic carbocycles. The van der Waals surface area contributed by atoms with Crippen molar-refractivity contribution in [2.24, 2.45) is 0 Å². The second kappa shape index (κ2) is 8.43. The van der Waals surface area contributed by atoms with Crippen LogP contribution in [0.15, 0.2) is 46.8 Å². The minimum absolute atomic E-state index is 0.0543. The number of halogens is 1. The molecular weight excluding hydrogens is 472 g/mol. The fourth-order valence-electron chi connectivity index (χ4n) is 3.48. The van der Waals surface area contributed by atoms with Crippen molar-refractivity contribution >= 4 is 44.0 Å². The first-order valence-corrected chi connectivity index (χ1v) is 12.4. The molecule has 3 aromatic rings. The molecule has 8 nitrogen and oxygen atoms in total. The van der Waals surface area contributed by atoms with Gasteiger partial charge in [-0.25, -0.2) is 13.1 Å². The van der Waals surface area contributed by atoms with Gasteiger partial charge in [0.1, 0.15) is 11.4 Å². The fourth-order valence-corrected chi connectivity index (χ4v) is 5.83. The third kappa shape index (κ3) is 4.78. The lowest BCUT2D eigenvalue weighted by Crippen LogP contribution is -2.41. The molecule has 1 aromatic heterocycles. The molecule has 1 amide bonds.